The van der Waals surface area contributed by atoms with Crippen LogP contribution in [0.1, 0.15) is 169 Å². The van der Waals surface area contributed by atoms with Gasteiger partial charge in [-0.25, -0.2) is 0 Å². The third-order valence-corrected chi connectivity index (χ3v) is 16.4. The highest BCUT2D eigenvalue weighted by Gasteiger charge is 2.33. The van der Waals surface area contributed by atoms with Gasteiger partial charge in [0.15, 0.2) is 0 Å². The summed E-state index contributed by atoms with van der Waals surface area (Å²) >= 11 is 0. The third kappa shape index (κ3) is 15.2. The van der Waals surface area contributed by atoms with Gasteiger partial charge in [0.2, 0.25) is 0 Å². The average Bonchev–Trinajstić information content (AvgIpc) is 3.48. The van der Waals surface area contributed by atoms with Crippen LogP contribution < -0.4 is 9.47 Å². The molecule has 0 heterocycles. The standard InChI is InChI=1S/C34H42O4.C34H44O2.CO2/c1-7-33(36,8-2)20-19-27-12-17-30(21-25(27)5)34(9-3,10-4)29-15-13-28(14-16-29)31-22-26(23-38-24-35)11-18-32(31)37-6;1-8-26-13-20-32(36-7)31(24-26)28-15-17-29(18-16-28)34(11-4,12-5)30-19-14-27(25(6)23-30)21-22-33(35,9-2)10-3;2-1-3/h11-22,24,36H,7-10,23H2,1-6H3;13-24,35H,8-12H2,1-7H3;/b20-19+;22-21+;. The molecule has 0 spiro atoms. The number of aliphatic hydroxyl groups is 2. The minimum Gasteiger partial charge on any atom is -0.496 e. The molecule has 0 aromatic heterocycles. The molecule has 0 amide bonds. The molecule has 410 valence electrons. The molecule has 0 unspecified atom stereocenters. The van der Waals surface area contributed by atoms with Gasteiger partial charge < -0.3 is 24.4 Å². The smallest absolute Gasteiger partial charge is 0.373 e. The molecule has 0 aliphatic heterocycles. The SMILES string of the molecule is CCC(O)(/C=C/c1ccc(C(CC)(CC)c2ccc(-c3cc(COC=O)ccc3OC)cc2)cc1C)CC.CCc1ccc(OC)c(-c2ccc(C(CC)(CC)c3ccc(/C=C/C(O)(CC)CC)c(C)c3)cc2)c1.O=C=O. The summed E-state index contributed by atoms with van der Waals surface area (Å²) in [5, 5.41) is 21.3. The Kier molecular flexibility index (Phi) is 24.1. The quantitative estimate of drug-likeness (QED) is 0.0575. The zero-order valence-corrected chi connectivity index (χ0v) is 48.3. The maximum Gasteiger partial charge on any atom is 0.373 e. The number of ether oxygens (including phenoxy) is 3. The molecule has 0 bridgehead atoms. The molecular formula is C69H86O8. The van der Waals surface area contributed by atoms with Crippen LogP contribution in [0.25, 0.3) is 34.4 Å². The zero-order valence-electron chi connectivity index (χ0n) is 48.3. The Balaban J connectivity index is 0.000000317. The molecule has 0 saturated heterocycles. The minimum absolute atomic E-state index is 0.0472. The van der Waals surface area contributed by atoms with Crippen LogP contribution in [0.4, 0.5) is 0 Å². The van der Waals surface area contributed by atoms with E-state index >= 15 is 0 Å². The highest BCUT2D eigenvalue weighted by molar-refractivity contribution is 5.73. The summed E-state index contributed by atoms with van der Waals surface area (Å²) in [6, 6.07) is 43.7. The second-order valence-corrected chi connectivity index (χ2v) is 20.1. The summed E-state index contributed by atoms with van der Waals surface area (Å²) in [5.41, 5.74) is 14.9. The van der Waals surface area contributed by atoms with Crippen molar-refractivity contribution in [3.8, 4) is 33.8 Å². The van der Waals surface area contributed by atoms with E-state index < -0.39 is 11.2 Å². The molecular weight excluding hydrogens is 957 g/mol. The van der Waals surface area contributed by atoms with Crippen molar-refractivity contribution in [2.45, 2.75) is 163 Å². The topological polar surface area (TPSA) is 119 Å². The van der Waals surface area contributed by atoms with E-state index in [1.165, 1.54) is 50.1 Å². The van der Waals surface area contributed by atoms with Gasteiger partial charge in [-0.2, -0.15) is 9.59 Å². The van der Waals surface area contributed by atoms with Crippen LogP contribution in [0.2, 0.25) is 0 Å². The molecule has 0 fully saturated rings. The molecule has 0 aliphatic carbocycles. The monoisotopic (exact) mass is 1040 g/mol. The Labute approximate surface area is 461 Å². The first-order valence-corrected chi connectivity index (χ1v) is 27.7. The fourth-order valence-corrected chi connectivity index (χ4v) is 10.6. The van der Waals surface area contributed by atoms with Gasteiger partial charge in [-0.1, -0.05) is 184 Å². The molecule has 2 N–H and O–H groups in total. The number of methoxy groups -OCH3 is 2. The van der Waals surface area contributed by atoms with E-state index in [9.17, 15) is 15.0 Å². The zero-order chi connectivity index (χ0) is 56.8. The van der Waals surface area contributed by atoms with E-state index in [2.05, 4.69) is 164 Å². The number of benzene rings is 6. The van der Waals surface area contributed by atoms with Crippen LogP contribution in [0.5, 0.6) is 11.5 Å². The lowest BCUT2D eigenvalue weighted by Crippen LogP contribution is -2.26. The number of rotatable bonds is 24. The van der Waals surface area contributed by atoms with Gasteiger partial charge in [0.1, 0.15) is 18.1 Å². The van der Waals surface area contributed by atoms with Crippen LogP contribution in [0, 0.1) is 13.8 Å². The van der Waals surface area contributed by atoms with Crippen molar-refractivity contribution >= 4 is 24.8 Å². The first kappa shape index (κ1) is 62.7. The van der Waals surface area contributed by atoms with Crippen LogP contribution >= 0.6 is 0 Å². The lowest BCUT2D eigenvalue weighted by Gasteiger charge is -2.34. The number of carbonyl (C=O) groups excluding carboxylic acids is 3. The first-order valence-electron chi connectivity index (χ1n) is 27.7. The summed E-state index contributed by atoms with van der Waals surface area (Å²) in [6.45, 7) is 24.4. The van der Waals surface area contributed by atoms with E-state index in [1.54, 1.807) is 14.2 Å². The predicted octanol–water partition coefficient (Wildman–Crippen LogP) is 16.3. The van der Waals surface area contributed by atoms with E-state index in [1.807, 2.05) is 58.0 Å². The Morgan fingerprint density at radius 2 is 0.818 bits per heavy atom. The van der Waals surface area contributed by atoms with Crippen molar-refractivity contribution in [2.75, 3.05) is 14.2 Å². The van der Waals surface area contributed by atoms with Gasteiger partial charge in [-0.05, 0) is 163 Å². The Morgan fingerprint density at radius 1 is 0.468 bits per heavy atom. The molecule has 6 aromatic carbocycles. The summed E-state index contributed by atoms with van der Waals surface area (Å²) < 4.78 is 16.2. The van der Waals surface area contributed by atoms with Gasteiger partial charge in [0.05, 0.1) is 25.4 Å². The van der Waals surface area contributed by atoms with Gasteiger partial charge in [0.25, 0.3) is 6.47 Å². The van der Waals surface area contributed by atoms with Crippen molar-refractivity contribution in [3.05, 3.63) is 189 Å². The average molecular weight is 1040 g/mol. The molecule has 0 saturated carbocycles. The van der Waals surface area contributed by atoms with Crippen LogP contribution in [0.3, 0.4) is 0 Å². The number of hydrogen-bond donors (Lipinski definition) is 2. The Morgan fingerprint density at radius 3 is 1.13 bits per heavy atom. The van der Waals surface area contributed by atoms with Gasteiger partial charge in [-0.3, -0.25) is 4.79 Å². The summed E-state index contributed by atoms with van der Waals surface area (Å²) in [4.78, 5) is 26.9. The van der Waals surface area contributed by atoms with Crippen LogP contribution in [-0.4, -0.2) is 48.3 Å². The van der Waals surface area contributed by atoms with Crippen LogP contribution in [0.15, 0.2) is 133 Å². The van der Waals surface area contributed by atoms with Crippen LogP contribution in [-0.2, 0) is 43.0 Å². The number of aryl methyl sites for hydroxylation is 3. The van der Waals surface area contributed by atoms with Gasteiger partial charge >= 0.3 is 6.15 Å². The van der Waals surface area contributed by atoms with E-state index in [0.29, 0.717) is 19.3 Å². The molecule has 6 rings (SSSR count). The maximum absolute atomic E-state index is 10.7. The summed E-state index contributed by atoms with van der Waals surface area (Å²) in [6.07, 6.45) is 16.1. The molecule has 8 nitrogen and oxygen atoms in total. The van der Waals surface area contributed by atoms with E-state index in [4.69, 9.17) is 23.8 Å². The maximum atomic E-state index is 10.7. The molecule has 77 heavy (non-hydrogen) atoms. The normalized spacial score (nSPS) is 11.8. The number of carbonyl (C=O) groups is 1. The van der Waals surface area contributed by atoms with Crippen molar-refractivity contribution in [1.29, 1.82) is 0 Å². The molecule has 6 aromatic rings. The second-order valence-electron chi connectivity index (χ2n) is 20.1. The van der Waals surface area contributed by atoms with E-state index in [0.717, 1.165) is 84.3 Å². The molecule has 0 aliphatic rings. The third-order valence-electron chi connectivity index (χ3n) is 16.4. The fraction of sp³-hybridized carbons (Fsp3) is 0.391. The van der Waals surface area contributed by atoms with Gasteiger partial charge in [0, 0.05) is 22.0 Å². The summed E-state index contributed by atoms with van der Waals surface area (Å²) in [5.74, 6) is 1.69. The Hall–Kier alpha value is -6.83. The largest absolute Gasteiger partial charge is 0.496 e. The lowest BCUT2D eigenvalue weighted by atomic mass is 9.70. The number of hydrogen-bond acceptors (Lipinski definition) is 8. The van der Waals surface area contributed by atoms with Gasteiger partial charge in [-0.15, -0.1) is 0 Å². The molecule has 0 atom stereocenters. The lowest BCUT2D eigenvalue weighted by molar-refractivity contribution is -0.191. The summed E-state index contributed by atoms with van der Waals surface area (Å²) in [7, 11) is 3.41. The minimum atomic E-state index is -0.757. The van der Waals surface area contributed by atoms with Crippen molar-refractivity contribution < 1.29 is 38.8 Å². The molecule has 8 heteroatoms. The second kappa shape index (κ2) is 29.6. The van der Waals surface area contributed by atoms with E-state index in [-0.39, 0.29) is 23.6 Å². The van der Waals surface area contributed by atoms with Crippen molar-refractivity contribution in [2.24, 2.45) is 0 Å². The Bertz CT molecular complexity index is 2890. The van der Waals surface area contributed by atoms with Crippen molar-refractivity contribution in [1.82, 2.24) is 0 Å². The predicted molar refractivity (Wildman–Crippen MR) is 316 cm³/mol. The highest BCUT2D eigenvalue weighted by Crippen LogP contribution is 2.43. The fourth-order valence-electron chi connectivity index (χ4n) is 10.6. The first-order chi connectivity index (χ1) is 37.0. The highest BCUT2D eigenvalue weighted by atomic mass is 16.5. The van der Waals surface area contributed by atoms with Crippen molar-refractivity contribution in [3.63, 3.8) is 0 Å². The molecule has 0 radical (unpaired) electrons.